The lowest BCUT2D eigenvalue weighted by Crippen LogP contribution is -2.51. The van der Waals surface area contributed by atoms with Crippen molar-refractivity contribution >= 4 is 24.1 Å². The first-order chi connectivity index (χ1) is 14.4. The Bertz CT molecular complexity index is 774. The minimum atomic E-state index is -0.709. The first-order valence-corrected chi connectivity index (χ1v) is 10.4. The molecule has 1 aliphatic heterocycles. The van der Waals surface area contributed by atoms with Gasteiger partial charge < -0.3 is 14.5 Å². The van der Waals surface area contributed by atoms with E-state index in [-0.39, 0.29) is 37.8 Å². The molecule has 1 unspecified atom stereocenters. The van der Waals surface area contributed by atoms with Gasteiger partial charge in [0.2, 0.25) is 18.2 Å². The second-order valence-corrected chi connectivity index (χ2v) is 7.47. The molecule has 0 aromatic heterocycles. The summed E-state index contributed by atoms with van der Waals surface area (Å²) < 4.78 is 5.84. The molecule has 8 heteroatoms. The van der Waals surface area contributed by atoms with Crippen molar-refractivity contribution in [1.82, 2.24) is 15.1 Å². The van der Waals surface area contributed by atoms with Gasteiger partial charge >= 0.3 is 0 Å². The Kier molecular flexibility index (Phi) is 8.83. The SMILES string of the molecule is CCCN(CCC)C(=O)COc1cccc(C)c1CN(C=O)C1CCC(=O)NC1=O. The van der Waals surface area contributed by atoms with Gasteiger partial charge in [0, 0.05) is 25.1 Å². The zero-order valence-electron chi connectivity index (χ0n) is 18.0. The quantitative estimate of drug-likeness (QED) is 0.437. The number of hydrogen-bond acceptors (Lipinski definition) is 5. The first kappa shape index (κ1) is 23.4. The zero-order valence-corrected chi connectivity index (χ0v) is 18.0. The van der Waals surface area contributed by atoms with E-state index in [1.807, 2.05) is 32.9 Å². The van der Waals surface area contributed by atoms with Gasteiger partial charge in [0.1, 0.15) is 11.8 Å². The van der Waals surface area contributed by atoms with E-state index in [9.17, 15) is 19.2 Å². The lowest BCUT2D eigenvalue weighted by atomic mass is 10.0. The number of nitrogens with zero attached hydrogens (tertiary/aromatic N) is 2. The predicted molar refractivity (Wildman–Crippen MR) is 112 cm³/mol. The maximum Gasteiger partial charge on any atom is 0.260 e. The number of piperidine rings is 1. The molecule has 1 N–H and O–H groups in total. The molecule has 1 aliphatic rings. The van der Waals surface area contributed by atoms with E-state index < -0.39 is 11.9 Å². The van der Waals surface area contributed by atoms with Crippen LogP contribution in [0.4, 0.5) is 0 Å². The lowest BCUT2D eigenvalue weighted by molar-refractivity contribution is -0.141. The van der Waals surface area contributed by atoms with E-state index in [1.165, 1.54) is 4.90 Å². The van der Waals surface area contributed by atoms with Crippen LogP contribution >= 0.6 is 0 Å². The third kappa shape index (κ3) is 6.05. The molecule has 1 saturated heterocycles. The van der Waals surface area contributed by atoms with E-state index in [2.05, 4.69) is 5.32 Å². The van der Waals surface area contributed by atoms with Crippen molar-refractivity contribution in [3.63, 3.8) is 0 Å². The molecule has 1 atom stereocenters. The summed E-state index contributed by atoms with van der Waals surface area (Å²) in [5, 5.41) is 2.28. The van der Waals surface area contributed by atoms with Gasteiger partial charge in [-0.15, -0.1) is 0 Å². The van der Waals surface area contributed by atoms with E-state index in [0.717, 1.165) is 24.0 Å². The second kappa shape index (κ2) is 11.3. The van der Waals surface area contributed by atoms with Crippen LogP contribution in [0.3, 0.4) is 0 Å². The van der Waals surface area contributed by atoms with E-state index in [1.54, 1.807) is 11.0 Å². The maximum atomic E-state index is 12.5. The Morgan fingerprint density at radius 3 is 2.53 bits per heavy atom. The molecule has 1 aromatic rings. The molecule has 0 aliphatic carbocycles. The Hall–Kier alpha value is -2.90. The fourth-order valence-corrected chi connectivity index (χ4v) is 3.55. The molecule has 0 spiro atoms. The van der Waals surface area contributed by atoms with Crippen LogP contribution in [-0.4, -0.2) is 59.7 Å². The van der Waals surface area contributed by atoms with Gasteiger partial charge in [-0.2, -0.15) is 0 Å². The molecule has 2 rings (SSSR count). The van der Waals surface area contributed by atoms with Crippen LogP contribution in [0, 0.1) is 6.92 Å². The van der Waals surface area contributed by atoms with E-state index in [0.29, 0.717) is 25.2 Å². The molecule has 0 bridgehead atoms. The van der Waals surface area contributed by atoms with E-state index >= 15 is 0 Å². The van der Waals surface area contributed by atoms with Gasteiger partial charge in [-0.05, 0) is 37.8 Å². The van der Waals surface area contributed by atoms with Crippen LogP contribution in [0.25, 0.3) is 0 Å². The monoisotopic (exact) mass is 417 g/mol. The van der Waals surface area contributed by atoms with Crippen LogP contribution in [0.1, 0.15) is 50.7 Å². The molecule has 1 heterocycles. The smallest absolute Gasteiger partial charge is 0.260 e. The standard InChI is InChI=1S/C22H31N3O5/c1-4-11-24(12-5-2)21(28)14-30-19-8-6-7-16(3)17(19)13-25(15-26)18-9-10-20(27)23-22(18)29/h6-8,15,18H,4-5,9-14H2,1-3H3,(H,23,27,29). The molecule has 0 radical (unpaired) electrons. The largest absolute Gasteiger partial charge is 0.483 e. The van der Waals surface area contributed by atoms with Crippen molar-refractivity contribution in [3.8, 4) is 5.75 Å². The average molecular weight is 418 g/mol. The minimum Gasteiger partial charge on any atom is -0.483 e. The number of rotatable bonds is 11. The molecule has 4 amide bonds. The van der Waals surface area contributed by atoms with E-state index in [4.69, 9.17) is 4.74 Å². The first-order valence-electron chi connectivity index (χ1n) is 10.4. The Balaban J connectivity index is 2.13. The van der Waals surface area contributed by atoms with Gasteiger partial charge in [0.05, 0.1) is 6.54 Å². The van der Waals surface area contributed by atoms with Crippen molar-refractivity contribution < 1.29 is 23.9 Å². The summed E-state index contributed by atoms with van der Waals surface area (Å²) >= 11 is 0. The fraction of sp³-hybridized carbons (Fsp3) is 0.545. The van der Waals surface area contributed by atoms with Crippen LogP contribution in [0.5, 0.6) is 5.75 Å². The van der Waals surface area contributed by atoms with Crippen molar-refractivity contribution in [1.29, 1.82) is 0 Å². The van der Waals surface area contributed by atoms with Crippen LogP contribution in [0.2, 0.25) is 0 Å². The average Bonchev–Trinajstić information content (AvgIpc) is 2.72. The summed E-state index contributed by atoms with van der Waals surface area (Å²) in [6, 6.07) is 4.76. The summed E-state index contributed by atoms with van der Waals surface area (Å²) in [6.07, 6.45) is 2.85. The summed E-state index contributed by atoms with van der Waals surface area (Å²) in [5.41, 5.74) is 1.62. The normalized spacial score (nSPS) is 16.0. The third-order valence-electron chi connectivity index (χ3n) is 5.14. The van der Waals surface area contributed by atoms with Gasteiger partial charge in [-0.3, -0.25) is 24.5 Å². The number of nitrogens with one attached hydrogen (secondary N) is 1. The number of hydrogen-bond donors (Lipinski definition) is 1. The molecule has 1 fully saturated rings. The number of imide groups is 1. The Labute approximate surface area is 177 Å². The number of ether oxygens (including phenoxy) is 1. The summed E-state index contributed by atoms with van der Waals surface area (Å²) in [5.74, 6) is -0.373. The summed E-state index contributed by atoms with van der Waals surface area (Å²) in [6.45, 7) is 7.38. The van der Waals surface area contributed by atoms with Crippen molar-refractivity contribution in [3.05, 3.63) is 29.3 Å². The van der Waals surface area contributed by atoms with Gasteiger partial charge in [0.25, 0.3) is 5.91 Å². The molecule has 0 saturated carbocycles. The molecule has 164 valence electrons. The van der Waals surface area contributed by atoms with Gasteiger partial charge in [-0.1, -0.05) is 26.0 Å². The van der Waals surface area contributed by atoms with Crippen LogP contribution < -0.4 is 10.1 Å². The highest BCUT2D eigenvalue weighted by molar-refractivity contribution is 6.00. The Morgan fingerprint density at radius 1 is 1.23 bits per heavy atom. The number of carbonyl (C=O) groups excluding carboxylic acids is 4. The zero-order chi connectivity index (χ0) is 22.1. The molecule has 8 nitrogen and oxygen atoms in total. The topological polar surface area (TPSA) is 96.0 Å². The number of carbonyl (C=O) groups is 4. The minimum absolute atomic E-state index is 0.0800. The van der Waals surface area contributed by atoms with Crippen molar-refractivity contribution in [2.24, 2.45) is 0 Å². The van der Waals surface area contributed by atoms with Crippen LogP contribution in [0.15, 0.2) is 18.2 Å². The number of aryl methyl sites for hydroxylation is 1. The highest BCUT2D eigenvalue weighted by Gasteiger charge is 2.31. The second-order valence-electron chi connectivity index (χ2n) is 7.47. The summed E-state index contributed by atoms with van der Waals surface area (Å²) in [7, 11) is 0. The van der Waals surface area contributed by atoms with Crippen molar-refractivity contribution in [2.45, 2.75) is 59.0 Å². The van der Waals surface area contributed by atoms with Gasteiger partial charge in [0.15, 0.2) is 6.61 Å². The van der Waals surface area contributed by atoms with Crippen molar-refractivity contribution in [2.75, 3.05) is 19.7 Å². The molecule has 30 heavy (non-hydrogen) atoms. The highest BCUT2D eigenvalue weighted by atomic mass is 16.5. The molecular formula is C22H31N3O5. The summed E-state index contributed by atoms with van der Waals surface area (Å²) in [4.78, 5) is 51.0. The highest BCUT2D eigenvalue weighted by Crippen LogP contribution is 2.25. The number of benzene rings is 1. The third-order valence-corrected chi connectivity index (χ3v) is 5.14. The fourth-order valence-electron chi connectivity index (χ4n) is 3.55. The predicted octanol–water partition coefficient (Wildman–Crippen LogP) is 1.79. The Morgan fingerprint density at radius 2 is 1.93 bits per heavy atom. The molecular weight excluding hydrogens is 386 g/mol. The molecule has 1 aromatic carbocycles. The lowest BCUT2D eigenvalue weighted by Gasteiger charge is -2.30. The maximum absolute atomic E-state index is 12.5. The van der Waals surface area contributed by atoms with Gasteiger partial charge in [-0.25, -0.2) is 0 Å². The van der Waals surface area contributed by atoms with Crippen LogP contribution in [-0.2, 0) is 25.7 Å². The number of amides is 4.